The Hall–Kier alpha value is -2.34. The highest BCUT2D eigenvalue weighted by molar-refractivity contribution is 5.31. The highest BCUT2D eigenvalue weighted by atomic mass is 16.5. The molecule has 0 spiro atoms. The zero-order valence-corrected chi connectivity index (χ0v) is 18.9. The highest BCUT2D eigenvalue weighted by Gasteiger charge is 2.11. The number of aromatic nitrogens is 2. The van der Waals surface area contributed by atoms with Gasteiger partial charge in [0.05, 0.1) is 11.8 Å². The lowest BCUT2D eigenvalue weighted by atomic mass is 10.1. The monoisotopic (exact) mass is 430 g/mol. The molecule has 0 saturated carbocycles. The lowest BCUT2D eigenvalue weighted by molar-refractivity contribution is 0.123. The van der Waals surface area contributed by atoms with Crippen LogP contribution in [-0.4, -0.2) is 27.5 Å². The molecule has 0 atom stereocenters. The predicted molar refractivity (Wildman–Crippen MR) is 125 cm³/mol. The standard InChI is InChI=1S/C25H38N2O4/c1-2-3-4-5-6-7-8-9-10-14-19-31-20-15-18-26-23(28)21-24(29)27(25(26)30)22-16-12-11-13-17-22/h11-13,16-17,21,28H,2-10,14-15,18-20H2,1H3. The van der Waals surface area contributed by atoms with E-state index in [1.807, 2.05) is 6.07 Å². The number of para-hydroxylation sites is 1. The van der Waals surface area contributed by atoms with Crippen molar-refractivity contribution >= 4 is 0 Å². The molecular weight excluding hydrogens is 392 g/mol. The first kappa shape index (κ1) is 24.9. The summed E-state index contributed by atoms with van der Waals surface area (Å²) < 4.78 is 7.97. The molecule has 172 valence electrons. The maximum Gasteiger partial charge on any atom is 0.338 e. The maximum absolute atomic E-state index is 12.7. The number of aromatic hydroxyl groups is 1. The van der Waals surface area contributed by atoms with E-state index in [4.69, 9.17) is 4.74 Å². The van der Waals surface area contributed by atoms with Crippen molar-refractivity contribution in [3.8, 4) is 11.6 Å². The third-order valence-corrected chi connectivity index (χ3v) is 5.50. The van der Waals surface area contributed by atoms with Crippen molar-refractivity contribution in [2.24, 2.45) is 0 Å². The fourth-order valence-electron chi connectivity index (χ4n) is 3.71. The van der Waals surface area contributed by atoms with Crippen LogP contribution in [0.4, 0.5) is 0 Å². The van der Waals surface area contributed by atoms with E-state index in [0.29, 0.717) is 25.3 Å². The lowest BCUT2D eigenvalue weighted by Gasteiger charge is -2.12. The molecule has 31 heavy (non-hydrogen) atoms. The molecule has 0 bridgehead atoms. The summed E-state index contributed by atoms with van der Waals surface area (Å²) in [5.41, 5.74) is -0.587. The van der Waals surface area contributed by atoms with Crippen LogP contribution >= 0.6 is 0 Å². The molecule has 2 aromatic rings. The summed E-state index contributed by atoms with van der Waals surface area (Å²) in [5.74, 6) is -0.308. The first-order chi connectivity index (χ1) is 15.1. The normalized spacial score (nSPS) is 11.1. The van der Waals surface area contributed by atoms with Crippen LogP contribution in [0.2, 0.25) is 0 Å². The van der Waals surface area contributed by atoms with Crippen molar-refractivity contribution in [3.63, 3.8) is 0 Å². The van der Waals surface area contributed by atoms with Crippen molar-refractivity contribution in [2.75, 3.05) is 13.2 Å². The molecular formula is C25H38N2O4. The van der Waals surface area contributed by atoms with Crippen molar-refractivity contribution in [1.29, 1.82) is 0 Å². The van der Waals surface area contributed by atoms with Gasteiger partial charge in [0.2, 0.25) is 5.88 Å². The molecule has 1 heterocycles. The van der Waals surface area contributed by atoms with Crippen LogP contribution in [0.3, 0.4) is 0 Å². The van der Waals surface area contributed by atoms with Gasteiger partial charge in [0.1, 0.15) is 0 Å². The SMILES string of the molecule is CCCCCCCCCCCCOCCCn1c(O)cc(=O)n(-c2ccccc2)c1=O. The van der Waals surface area contributed by atoms with E-state index in [0.717, 1.165) is 23.7 Å². The molecule has 1 aromatic heterocycles. The Morgan fingerprint density at radius 3 is 2.03 bits per heavy atom. The quantitative estimate of drug-likeness (QED) is 0.379. The molecule has 0 saturated heterocycles. The Morgan fingerprint density at radius 1 is 0.806 bits per heavy atom. The Balaban J connectivity index is 1.64. The maximum atomic E-state index is 12.7. The number of ether oxygens (including phenoxy) is 1. The van der Waals surface area contributed by atoms with Crippen LogP contribution in [0.5, 0.6) is 5.88 Å². The molecule has 0 aliphatic heterocycles. The summed E-state index contributed by atoms with van der Waals surface area (Å²) >= 11 is 0. The lowest BCUT2D eigenvalue weighted by Crippen LogP contribution is -2.38. The van der Waals surface area contributed by atoms with Gasteiger partial charge in [0.25, 0.3) is 5.56 Å². The number of hydrogen-bond acceptors (Lipinski definition) is 4. The van der Waals surface area contributed by atoms with Crippen LogP contribution in [0.15, 0.2) is 46.0 Å². The fraction of sp³-hybridized carbons (Fsp3) is 0.600. The van der Waals surface area contributed by atoms with E-state index in [1.54, 1.807) is 24.3 Å². The van der Waals surface area contributed by atoms with Crippen LogP contribution in [0.1, 0.15) is 77.6 Å². The van der Waals surface area contributed by atoms with E-state index in [1.165, 1.54) is 62.4 Å². The molecule has 0 radical (unpaired) electrons. The van der Waals surface area contributed by atoms with Gasteiger partial charge in [0.15, 0.2) is 0 Å². The van der Waals surface area contributed by atoms with E-state index in [9.17, 15) is 14.7 Å². The largest absolute Gasteiger partial charge is 0.494 e. The van der Waals surface area contributed by atoms with Gasteiger partial charge < -0.3 is 9.84 Å². The van der Waals surface area contributed by atoms with Gasteiger partial charge in [-0.15, -0.1) is 0 Å². The van der Waals surface area contributed by atoms with E-state index < -0.39 is 11.2 Å². The molecule has 1 N–H and O–H groups in total. The van der Waals surface area contributed by atoms with Gasteiger partial charge >= 0.3 is 5.69 Å². The van der Waals surface area contributed by atoms with Gasteiger partial charge in [-0.1, -0.05) is 82.9 Å². The fourth-order valence-corrected chi connectivity index (χ4v) is 3.71. The summed E-state index contributed by atoms with van der Waals surface area (Å²) in [6.45, 7) is 3.79. The van der Waals surface area contributed by atoms with Crippen LogP contribution < -0.4 is 11.2 Å². The van der Waals surface area contributed by atoms with E-state index in [2.05, 4.69) is 6.92 Å². The summed E-state index contributed by atoms with van der Waals surface area (Å²) in [4.78, 5) is 24.9. The van der Waals surface area contributed by atoms with Gasteiger partial charge in [-0.25, -0.2) is 9.36 Å². The molecule has 6 heteroatoms. The van der Waals surface area contributed by atoms with Crippen molar-refractivity contribution in [2.45, 2.75) is 84.1 Å². The molecule has 0 fully saturated rings. The Bertz CT molecular complexity index is 858. The molecule has 0 aliphatic rings. The van der Waals surface area contributed by atoms with Crippen LogP contribution in [-0.2, 0) is 11.3 Å². The molecule has 0 amide bonds. The number of unbranched alkanes of at least 4 members (excludes halogenated alkanes) is 9. The van der Waals surface area contributed by atoms with Crippen LogP contribution in [0, 0.1) is 0 Å². The first-order valence-electron chi connectivity index (χ1n) is 11.8. The van der Waals surface area contributed by atoms with Gasteiger partial charge in [-0.2, -0.15) is 0 Å². The topological polar surface area (TPSA) is 73.5 Å². The second-order valence-electron chi connectivity index (χ2n) is 8.09. The van der Waals surface area contributed by atoms with Gasteiger partial charge in [-0.3, -0.25) is 9.36 Å². The van der Waals surface area contributed by atoms with Gasteiger partial charge in [0, 0.05) is 19.8 Å². The third kappa shape index (κ3) is 8.74. The van der Waals surface area contributed by atoms with Crippen LogP contribution in [0.25, 0.3) is 5.69 Å². The molecule has 0 aliphatic carbocycles. The van der Waals surface area contributed by atoms with E-state index in [-0.39, 0.29) is 5.88 Å². The second kappa shape index (κ2) is 14.6. The minimum Gasteiger partial charge on any atom is -0.494 e. The second-order valence-corrected chi connectivity index (χ2v) is 8.09. The summed E-state index contributed by atoms with van der Waals surface area (Å²) in [6, 6.07) is 9.82. The minimum atomic E-state index is -0.540. The zero-order valence-electron chi connectivity index (χ0n) is 18.9. The number of nitrogens with zero attached hydrogens (tertiary/aromatic N) is 2. The third-order valence-electron chi connectivity index (χ3n) is 5.50. The Morgan fingerprint density at radius 2 is 1.39 bits per heavy atom. The van der Waals surface area contributed by atoms with Gasteiger partial charge in [-0.05, 0) is 25.0 Å². The number of benzene rings is 1. The smallest absolute Gasteiger partial charge is 0.338 e. The minimum absolute atomic E-state index is 0.301. The first-order valence-corrected chi connectivity index (χ1v) is 11.8. The molecule has 0 unspecified atom stereocenters. The van der Waals surface area contributed by atoms with Crippen molar-refractivity contribution in [1.82, 2.24) is 9.13 Å². The zero-order chi connectivity index (χ0) is 22.3. The average Bonchev–Trinajstić information content (AvgIpc) is 2.76. The number of hydrogen-bond donors (Lipinski definition) is 1. The van der Waals surface area contributed by atoms with Crippen molar-refractivity contribution < 1.29 is 9.84 Å². The molecule has 2 rings (SSSR count). The van der Waals surface area contributed by atoms with E-state index >= 15 is 0 Å². The highest BCUT2D eigenvalue weighted by Crippen LogP contribution is 2.11. The Kier molecular flexibility index (Phi) is 11.8. The summed E-state index contributed by atoms with van der Waals surface area (Å²) in [7, 11) is 0. The summed E-state index contributed by atoms with van der Waals surface area (Å²) in [6.07, 6.45) is 13.5. The molecule has 1 aromatic carbocycles. The summed E-state index contributed by atoms with van der Waals surface area (Å²) in [5, 5.41) is 10.1. The number of rotatable bonds is 16. The predicted octanol–water partition coefficient (Wildman–Crippen LogP) is 5.03. The average molecular weight is 431 g/mol. The van der Waals surface area contributed by atoms with Crippen molar-refractivity contribution in [3.05, 3.63) is 57.2 Å². The molecule has 6 nitrogen and oxygen atoms in total. The Labute approximate surface area is 185 Å².